The van der Waals surface area contributed by atoms with Crippen LogP contribution >= 0.6 is 0 Å². The fourth-order valence-electron chi connectivity index (χ4n) is 7.68. The number of azide groups is 1. The Morgan fingerprint density at radius 1 is 0.852 bits per heavy atom. The lowest BCUT2D eigenvalue weighted by atomic mass is 9.77. The number of nitrogens with one attached hydrogen (secondary N) is 1. The molecular weight excluding hydrogens is 877 g/mol. The topological polar surface area (TPSA) is 307 Å². The molecule has 1 amide bonds. The third kappa shape index (κ3) is 13.0. The Balaban J connectivity index is 1.72. The summed E-state index contributed by atoms with van der Waals surface area (Å²) in [6, 6.07) is 8.11. The molecule has 2 aliphatic heterocycles. The smallest absolute Gasteiger partial charge is 0.294 e. The van der Waals surface area contributed by atoms with Crippen molar-refractivity contribution in [1.29, 1.82) is 0 Å². The predicted octanol–water partition coefficient (Wildman–Crippen LogP) is 4.58. The van der Waals surface area contributed by atoms with Gasteiger partial charge in [0.15, 0.2) is 5.71 Å². The molecule has 2 aliphatic rings. The highest BCUT2D eigenvalue weighted by atomic mass is 32.2. The average Bonchev–Trinajstić information content (AvgIpc) is 3.50. The van der Waals surface area contributed by atoms with Gasteiger partial charge in [0.1, 0.15) is 6.54 Å². The zero-order valence-corrected chi connectivity index (χ0v) is 37.1. The molecule has 0 aliphatic carbocycles. The number of fused-ring (bicyclic) bond motifs is 2. The average molecular weight is 926 g/mol. The minimum atomic E-state index is -4.64. The molecule has 2 aromatic carbocycles. The number of carbonyl (C=O) groups is 1. The van der Waals surface area contributed by atoms with Crippen molar-refractivity contribution in [3.8, 4) is 0 Å². The first-order valence-electron chi connectivity index (χ1n) is 19.2. The number of unbranched alkanes of at least 4 members (excludes halogenated alkanes) is 1. The Labute approximate surface area is 356 Å². The van der Waals surface area contributed by atoms with Crippen LogP contribution in [0.3, 0.4) is 0 Å². The van der Waals surface area contributed by atoms with Crippen LogP contribution < -0.4 is 10.2 Å². The number of hydrogen-bond donors (Lipinski definition) is 3. The van der Waals surface area contributed by atoms with Crippen molar-refractivity contribution in [2.75, 3.05) is 42.6 Å². The Morgan fingerprint density at radius 2 is 1.48 bits per heavy atom. The second-order valence-corrected chi connectivity index (χ2v) is 21.2. The van der Waals surface area contributed by atoms with Crippen LogP contribution in [0, 0.1) is 0 Å². The second-order valence-electron chi connectivity index (χ2n) is 15.3. The first-order valence-corrected chi connectivity index (χ1v) is 25.2. The van der Waals surface area contributed by atoms with Crippen LogP contribution in [0.5, 0.6) is 0 Å². The summed E-state index contributed by atoms with van der Waals surface area (Å²) in [5, 5.41) is 6.20. The molecule has 3 N–H and O–H groups in total. The van der Waals surface area contributed by atoms with Gasteiger partial charge in [0.2, 0.25) is 11.6 Å². The van der Waals surface area contributed by atoms with E-state index < -0.39 is 62.8 Å². The quantitative estimate of drug-likeness (QED) is 0.0277. The minimum absolute atomic E-state index is 0.0356. The SMILES string of the molecule is CC1(C)C(C=CC=CC=C2N(CCCS(=O)(=O)[O-])c3ccc(S(=O)(=O)O)cc3C2(C)CCCCC(=O)NCCCN=[N+]=[N-])=[N+](CCCS(=O)(=O)[O-])c2ccc(S(=O)(=O)O)cc21. The lowest BCUT2D eigenvalue weighted by Gasteiger charge is -2.30. The van der Waals surface area contributed by atoms with E-state index in [0.29, 0.717) is 66.1 Å². The van der Waals surface area contributed by atoms with Gasteiger partial charge in [-0.3, -0.25) is 13.9 Å². The number of benzene rings is 2. The fourth-order valence-corrected chi connectivity index (χ4v) is 9.66. The highest BCUT2D eigenvalue weighted by Gasteiger charge is 2.45. The maximum absolute atomic E-state index is 12.5. The molecular formula is C38H49N6O13S4-. The molecule has 0 bridgehead atoms. The molecule has 0 saturated heterocycles. The number of anilines is 1. The molecule has 2 aromatic rings. The van der Waals surface area contributed by atoms with Gasteiger partial charge in [0.05, 0.1) is 35.4 Å². The lowest BCUT2D eigenvalue weighted by Crippen LogP contribution is -2.30. The number of rotatable bonds is 22. The Hall–Kier alpha value is -4.45. The second kappa shape index (κ2) is 19.7. The Morgan fingerprint density at radius 3 is 2.10 bits per heavy atom. The van der Waals surface area contributed by atoms with Gasteiger partial charge in [-0.2, -0.15) is 21.4 Å². The van der Waals surface area contributed by atoms with E-state index >= 15 is 0 Å². The standard InChI is InChI=1S/C38H50N6O13S4/c1-37(2)30-26-28(60(52,53)54)15-17-32(30)43(22-10-24-58(46,47)48)34(37)12-5-4-6-13-35-38(3,19-8-7-14-36(45)40-20-9-21-41-42-39)31-27-29(61(55,56)57)16-18-33(31)44(35)23-11-25-59(49,50)51/h4-6,12-13,15-18,26-27H,7-11,14,19-25H2,1-3H3,(H4-,40,45,46,47,48,49,50,51,52,53,54,55,56,57)/p-1. The molecule has 2 heterocycles. The lowest BCUT2D eigenvalue weighted by molar-refractivity contribution is -0.437. The van der Waals surface area contributed by atoms with Gasteiger partial charge in [-0.15, -0.1) is 0 Å². The van der Waals surface area contributed by atoms with Gasteiger partial charge >= 0.3 is 0 Å². The molecule has 0 radical (unpaired) electrons. The normalized spacial score (nSPS) is 18.5. The van der Waals surface area contributed by atoms with E-state index in [-0.39, 0.29) is 54.6 Å². The summed E-state index contributed by atoms with van der Waals surface area (Å²) in [5.41, 5.74) is 9.92. The van der Waals surface area contributed by atoms with Gasteiger partial charge in [-0.25, -0.2) is 16.8 Å². The van der Waals surface area contributed by atoms with Crippen LogP contribution in [0.4, 0.5) is 11.4 Å². The van der Waals surface area contributed by atoms with Gasteiger partial charge in [0.25, 0.3) is 20.2 Å². The van der Waals surface area contributed by atoms with Crippen LogP contribution in [-0.4, -0.2) is 106 Å². The van der Waals surface area contributed by atoms with Crippen molar-refractivity contribution in [2.24, 2.45) is 5.11 Å². The van der Waals surface area contributed by atoms with Crippen molar-refractivity contribution in [3.05, 3.63) is 94.0 Å². The molecule has 1 unspecified atom stereocenters. The highest BCUT2D eigenvalue weighted by molar-refractivity contribution is 7.86. The van der Waals surface area contributed by atoms with E-state index in [2.05, 4.69) is 15.3 Å². The summed E-state index contributed by atoms with van der Waals surface area (Å²) < 4.78 is 139. The van der Waals surface area contributed by atoms with Gasteiger partial charge in [-0.05, 0) is 94.0 Å². The highest BCUT2D eigenvalue weighted by Crippen LogP contribution is 2.51. The predicted molar refractivity (Wildman–Crippen MR) is 225 cm³/mol. The Bertz CT molecular complexity index is 2630. The fraction of sp³-hybridized carbons (Fsp3) is 0.474. The van der Waals surface area contributed by atoms with Crippen molar-refractivity contribution in [3.63, 3.8) is 0 Å². The molecule has 4 rings (SSSR count). The van der Waals surface area contributed by atoms with E-state index in [9.17, 15) is 56.7 Å². The van der Waals surface area contributed by atoms with E-state index in [4.69, 9.17) is 5.53 Å². The number of carbonyl (C=O) groups excluding carboxylic acids is 1. The van der Waals surface area contributed by atoms with Crippen LogP contribution in [-0.2, 0) is 56.1 Å². The minimum Gasteiger partial charge on any atom is -0.748 e. The zero-order valence-electron chi connectivity index (χ0n) is 33.8. The third-order valence-corrected chi connectivity index (χ3v) is 13.9. The van der Waals surface area contributed by atoms with Crippen molar-refractivity contribution in [2.45, 2.75) is 86.3 Å². The summed E-state index contributed by atoms with van der Waals surface area (Å²) in [6.45, 7) is 6.17. The van der Waals surface area contributed by atoms with Crippen LogP contribution in [0.1, 0.15) is 76.8 Å². The molecule has 61 heavy (non-hydrogen) atoms. The van der Waals surface area contributed by atoms with Gasteiger partial charge in [-0.1, -0.05) is 29.8 Å². The molecule has 0 aromatic heterocycles. The molecule has 0 saturated carbocycles. The number of amides is 1. The first kappa shape index (κ1) is 49.2. The van der Waals surface area contributed by atoms with E-state index in [1.807, 2.05) is 20.8 Å². The van der Waals surface area contributed by atoms with Crippen LogP contribution in [0.15, 0.2) is 87.4 Å². The van der Waals surface area contributed by atoms with Crippen molar-refractivity contribution < 1.29 is 61.3 Å². The van der Waals surface area contributed by atoms with E-state index in [1.165, 1.54) is 36.4 Å². The van der Waals surface area contributed by atoms with Crippen molar-refractivity contribution >= 4 is 63.5 Å². The van der Waals surface area contributed by atoms with Crippen molar-refractivity contribution in [1.82, 2.24) is 5.32 Å². The summed E-state index contributed by atoms with van der Waals surface area (Å²) in [6.07, 6.45) is 10.3. The molecule has 23 heteroatoms. The number of nitrogens with zero attached hydrogens (tertiary/aromatic N) is 5. The molecule has 334 valence electrons. The summed E-state index contributed by atoms with van der Waals surface area (Å²) in [5.74, 6) is -1.51. The molecule has 19 nitrogen and oxygen atoms in total. The zero-order chi connectivity index (χ0) is 45.4. The van der Waals surface area contributed by atoms with Crippen LogP contribution in [0.2, 0.25) is 0 Å². The Kier molecular flexibility index (Phi) is 15.9. The molecule has 0 spiro atoms. The molecule has 1 atom stereocenters. The van der Waals surface area contributed by atoms with E-state index in [1.54, 1.807) is 39.9 Å². The summed E-state index contributed by atoms with van der Waals surface area (Å²) in [4.78, 5) is 16.3. The van der Waals surface area contributed by atoms with Crippen LogP contribution in [0.25, 0.3) is 10.4 Å². The maximum atomic E-state index is 12.5. The molecule has 0 fully saturated rings. The van der Waals surface area contributed by atoms with Gasteiger partial charge < -0.3 is 19.3 Å². The number of allylic oxidation sites excluding steroid dienone is 6. The monoisotopic (exact) mass is 925 g/mol. The van der Waals surface area contributed by atoms with E-state index in [0.717, 1.165) is 0 Å². The summed E-state index contributed by atoms with van der Waals surface area (Å²) >= 11 is 0. The van der Waals surface area contributed by atoms with Gasteiger partial charge in [0, 0.05) is 83.4 Å². The first-order chi connectivity index (χ1) is 28.3. The summed E-state index contributed by atoms with van der Waals surface area (Å²) in [7, 11) is -18.3. The largest absolute Gasteiger partial charge is 0.748 e. The number of hydrogen-bond acceptors (Lipinski definition) is 13. The third-order valence-electron chi connectivity index (χ3n) is 10.6. The maximum Gasteiger partial charge on any atom is 0.294 e.